The van der Waals surface area contributed by atoms with E-state index in [9.17, 15) is 9.90 Å². The quantitative estimate of drug-likeness (QED) is 0.856. The molecule has 1 saturated heterocycles. The van der Waals surface area contributed by atoms with E-state index in [4.69, 9.17) is 9.47 Å². The van der Waals surface area contributed by atoms with Gasteiger partial charge in [0.1, 0.15) is 6.23 Å². The number of rotatable bonds is 3. The molecule has 0 spiro atoms. The Morgan fingerprint density at radius 3 is 2.53 bits per heavy atom. The van der Waals surface area contributed by atoms with E-state index in [2.05, 4.69) is 0 Å². The Labute approximate surface area is 99.6 Å². The Hall–Kier alpha value is -1.75. The minimum Gasteiger partial charge on any atom is -0.493 e. The molecular weight excluding hydrogens is 222 g/mol. The van der Waals surface area contributed by atoms with Crippen molar-refractivity contribution >= 4 is 11.6 Å². The molecule has 0 aliphatic carbocycles. The molecule has 1 heterocycles. The first-order chi connectivity index (χ1) is 8.17. The zero-order valence-electron chi connectivity index (χ0n) is 9.84. The molecule has 1 aromatic rings. The van der Waals surface area contributed by atoms with Crippen LogP contribution in [0.5, 0.6) is 11.5 Å². The van der Waals surface area contributed by atoms with Gasteiger partial charge in [-0.1, -0.05) is 0 Å². The minimum absolute atomic E-state index is 0.0790. The maximum absolute atomic E-state index is 11.6. The second-order valence-corrected chi connectivity index (χ2v) is 3.82. The van der Waals surface area contributed by atoms with Crippen LogP contribution < -0.4 is 14.4 Å². The van der Waals surface area contributed by atoms with E-state index in [1.54, 1.807) is 25.3 Å². The molecule has 0 radical (unpaired) electrons. The number of ether oxygens (including phenoxy) is 2. The van der Waals surface area contributed by atoms with E-state index in [1.807, 2.05) is 0 Å². The first-order valence-corrected chi connectivity index (χ1v) is 5.39. The fourth-order valence-corrected chi connectivity index (χ4v) is 1.96. The fourth-order valence-electron chi connectivity index (χ4n) is 1.96. The van der Waals surface area contributed by atoms with Crippen molar-refractivity contribution in [3.8, 4) is 11.5 Å². The summed E-state index contributed by atoms with van der Waals surface area (Å²) in [7, 11) is 3.08. The molecular formula is C12H15NO4. The van der Waals surface area contributed by atoms with Gasteiger partial charge in [-0.05, 0) is 12.1 Å². The molecule has 1 amide bonds. The number of aliphatic hydroxyl groups excluding tert-OH is 1. The number of hydrogen-bond acceptors (Lipinski definition) is 4. The lowest BCUT2D eigenvalue weighted by atomic mass is 10.2. The number of hydrogen-bond donors (Lipinski definition) is 1. The van der Waals surface area contributed by atoms with Gasteiger partial charge in [0.2, 0.25) is 5.91 Å². The number of carbonyl (C=O) groups is 1. The van der Waals surface area contributed by atoms with Crippen molar-refractivity contribution in [3.63, 3.8) is 0 Å². The normalized spacial score (nSPS) is 19.6. The van der Waals surface area contributed by atoms with Gasteiger partial charge in [-0.25, -0.2) is 0 Å². The van der Waals surface area contributed by atoms with Crippen molar-refractivity contribution < 1.29 is 19.4 Å². The lowest BCUT2D eigenvalue weighted by molar-refractivity contribution is -0.117. The third-order valence-electron chi connectivity index (χ3n) is 2.83. The number of methoxy groups -OCH3 is 2. The molecule has 0 saturated carbocycles. The Kier molecular flexibility index (Phi) is 3.19. The summed E-state index contributed by atoms with van der Waals surface area (Å²) >= 11 is 0. The van der Waals surface area contributed by atoms with Gasteiger partial charge in [-0.15, -0.1) is 0 Å². The highest BCUT2D eigenvalue weighted by molar-refractivity contribution is 5.96. The second kappa shape index (κ2) is 4.63. The number of aliphatic hydroxyl groups is 1. The summed E-state index contributed by atoms with van der Waals surface area (Å²) in [6.07, 6.45) is 0.0866. The van der Waals surface area contributed by atoms with Gasteiger partial charge in [0.05, 0.1) is 19.9 Å². The maximum Gasteiger partial charge on any atom is 0.229 e. The van der Waals surface area contributed by atoms with Crippen LogP contribution in [0.25, 0.3) is 0 Å². The summed E-state index contributed by atoms with van der Waals surface area (Å²) in [5.74, 6) is 1.05. The number of nitrogens with zero attached hydrogens (tertiary/aromatic N) is 1. The van der Waals surface area contributed by atoms with Gasteiger partial charge in [-0.2, -0.15) is 0 Å². The first-order valence-electron chi connectivity index (χ1n) is 5.39. The van der Waals surface area contributed by atoms with Crippen LogP contribution in [0.4, 0.5) is 5.69 Å². The number of benzene rings is 1. The van der Waals surface area contributed by atoms with Crippen LogP contribution in [0.1, 0.15) is 12.8 Å². The fraction of sp³-hybridized carbons (Fsp3) is 0.417. The van der Waals surface area contributed by atoms with Gasteiger partial charge in [0.25, 0.3) is 0 Å². The van der Waals surface area contributed by atoms with E-state index in [0.29, 0.717) is 30.0 Å². The summed E-state index contributed by atoms with van der Waals surface area (Å²) in [4.78, 5) is 13.0. The molecule has 0 aromatic heterocycles. The molecule has 17 heavy (non-hydrogen) atoms. The van der Waals surface area contributed by atoms with E-state index in [-0.39, 0.29) is 5.91 Å². The van der Waals surface area contributed by atoms with Crippen LogP contribution in [-0.2, 0) is 4.79 Å². The monoisotopic (exact) mass is 237 g/mol. The summed E-state index contributed by atoms with van der Waals surface area (Å²) in [6, 6.07) is 5.13. The van der Waals surface area contributed by atoms with Crippen LogP contribution in [0.15, 0.2) is 18.2 Å². The highest BCUT2D eigenvalue weighted by Crippen LogP contribution is 2.34. The van der Waals surface area contributed by atoms with Gasteiger partial charge in [-0.3, -0.25) is 9.69 Å². The van der Waals surface area contributed by atoms with Crippen molar-refractivity contribution in [2.75, 3.05) is 19.1 Å². The summed E-state index contributed by atoms with van der Waals surface area (Å²) in [5, 5.41) is 9.74. The molecule has 1 aliphatic heterocycles. The van der Waals surface area contributed by atoms with Crippen molar-refractivity contribution in [2.45, 2.75) is 19.1 Å². The minimum atomic E-state index is -0.749. The third-order valence-corrected chi connectivity index (χ3v) is 2.83. The predicted molar refractivity (Wildman–Crippen MR) is 62.3 cm³/mol. The molecule has 1 aliphatic rings. The van der Waals surface area contributed by atoms with Crippen molar-refractivity contribution in [2.24, 2.45) is 0 Å². The topological polar surface area (TPSA) is 59.0 Å². The lowest BCUT2D eigenvalue weighted by Gasteiger charge is -2.21. The molecule has 5 nitrogen and oxygen atoms in total. The van der Waals surface area contributed by atoms with Crippen LogP contribution in [-0.4, -0.2) is 31.5 Å². The average molecular weight is 237 g/mol. The van der Waals surface area contributed by atoms with Gasteiger partial charge in [0, 0.05) is 18.9 Å². The van der Waals surface area contributed by atoms with Crippen molar-refractivity contribution in [1.29, 1.82) is 0 Å². The third kappa shape index (κ3) is 2.06. The Balaban J connectivity index is 2.36. The van der Waals surface area contributed by atoms with Gasteiger partial charge >= 0.3 is 0 Å². The smallest absolute Gasteiger partial charge is 0.229 e. The van der Waals surface area contributed by atoms with Gasteiger partial charge in [0.15, 0.2) is 11.5 Å². The van der Waals surface area contributed by atoms with Crippen molar-refractivity contribution in [1.82, 2.24) is 0 Å². The Morgan fingerprint density at radius 1 is 1.29 bits per heavy atom. The van der Waals surface area contributed by atoms with Crippen molar-refractivity contribution in [3.05, 3.63) is 18.2 Å². The van der Waals surface area contributed by atoms with E-state index >= 15 is 0 Å². The molecule has 92 valence electrons. The maximum atomic E-state index is 11.6. The second-order valence-electron chi connectivity index (χ2n) is 3.82. The highest BCUT2D eigenvalue weighted by Gasteiger charge is 2.30. The molecule has 1 unspecified atom stereocenters. The Morgan fingerprint density at radius 2 is 2.00 bits per heavy atom. The summed E-state index contributed by atoms with van der Waals surface area (Å²) in [5.41, 5.74) is 0.623. The summed E-state index contributed by atoms with van der Waals surface area (Å²) in [6.45, 7) is 0. The zero-order chi connectivity index (χ0) is 12.4. The van der Waals surface area contributed by atoms with Gasteiger partial charge < -0.3 is 14.6 Å². The average Bonchev–Trinajstić information content (AvgIpc) is 2.68. The first kappa shape index (κ1) is 11.7. The largest absolute Gasteiger partial charge is 0.493 e. The SMILES string of the molecule is COc1ccc(N2C(=O)CCC2O)cc1OC. The molecule has 1 fully saturated rings. The number of anilines is 1. The lowest BCUT2D eigenvalue weighted by Crippen LogP contribution is -2.32. The molecule has 5 heteroatoms. The van der Waals surface area contributed by atoms with Crippen LogP contribution in [0.3, 0.4) is 0 Å². The highest BCUT2D eigenvalue weighted by atomic mass is 16.5. The molecule has 0 bridgehead atoms. The van der Waals surface area contributed by atoms with E-state index in [0.717, 1.165) is 0 Å². The van der Waals surface area contributed by atoms with Crippen LogP contribution in [0, 0.1) is 0 Å². The zero-order valence-corrected chi connectivity index (χ0v) is 9.84. The predicted octanol–water partition coefficient (Wildman–Crippen LogP) is 1.15. The molecule has 1 aromatic carbocycles. The summed E-state index contributed by atoms with van der Waals surface area (Å²) < 4.78 is 10.3. The molecule has 1 N–H and O–H groups in total. The van der Waals surface area contributed by atoms with E-state index in [1.165, 1.54) is 12.0 Å². The standard InChI is InChI=1S/C12H15NO4/c1-16-9-4-3-8(7-10(9)17-2)13-11(14)5-6-12(13)15/h3-4,7,11,14H,5-6H2,1-2H3. The van der Waals surface area contributed by atoms with E-state index < -0.39 is 6.23 Å². The molecule has 1 atom stereocenters. The van der Waals surface area contributed by atoms with Crippen LogP contribution >= 0.6 is 0 Å². The number of carbonyl (C=O) groups excluding carboxylic acids is 1. The van der Waals surface area contributed by atoms with Crippen LogP contribution in [0.2, 0.25) is 0 Å². The molecule has 2 rings (SSSR count). The Bertz CT molecular complexity index is 433. The number of amides is 1.